The highest BCUT2D eigenvalue weighted by Gasteiger charge is 2.50. The smallest absolute Gasteiger partial charge is 0.167 e. The van der Waals surface area contributed by atoms with Crippen molar-refractivity contribution < 1.29 is 29.2 Å². The highest BCUT2D eigenvalue weighted by Crippen LogP contribution is 2.46. The molecular weight excluding hydrogens is 741 g/mol. The van der Waals surface area contributed by atoms with Crippen molar-refractivity contribution in [2.75, 3.05) is 23.5 Å². The van der Waals surface area contributed by atoms with Crippen LogP contribution in [0.5, 0.6) is 11.5 Å². The third-order valence-corrected chi connectivity index (χ3v) is 14.4. The van der Waals surface area contributed by atoms with Gasteiger partial charge in [0, 0.05) is 18.0 Å². The molecule has 0 amide bonds. The zero-order chi connectivity index (χ0) is 41.6. The third kappa shape index (κ3) is 11.1. The molecule has 318 valence electrons. The van der Waals surface area contributed by atoms with Gasteiger partial charge in [0.05, 0.1) is 18.6 Å². The maximum absolute atomic E-state index is 12.0. The summed E-state index contributed by atoms with van der Waals surface area (Å²) >= 11 is 0. The van der Waals surface area contributed by atoms with E-state index in [2.05, 4.69) is 70.3 Å². The number of nitrogens with zero attached hydrogens (tertiary/aromatic N) is 4. The zero-order valence-corrected chi connectivity index (χ0v) is 36.8. The van der Waals surface area contributed by atoms with Crippen molar-refractivity contribution in [2.24, 2.45) is 23.5 Å². The lowest BCUT2D eigenvalue weighted by Gasteiger charge is -2.39. The number of fused-ring (bicyclic) bond motifs is 2. The number of nitrogen functional groups attached to an aromatic ring is 1. The molecule has 1 aromatic carbocycles. The van der Waals surface area contributed by atoms with Gasteiger partial charge in [0.25, 0.3) is 0 Å². The molecule has 0 aliphatic carbocycles. The van der Waals surface area contributed by atoms with Crippen molar-refractivity contribution in [3.05, 3.63) is 34.9 Å². The number of nitrogens with two attached hydrogens (primary N) is 2. The van der Waals surface area contributed by atoms with E-state index in [1.54, 1.807) is 10.9 Å². The number of carboxylic acid groups (broad SMARTS) is 1. The number of aromatic nitrogens is 4. The molecule has 0 spiro atoms. The van der Waals surface area contributed by atoms with E-state index in [1.165, 1.54) is 51.3 Å². The lowest BCUT2D eigenvalue weighted by atomic mass is 9.83. The normalized spacial score (nSPS) is 24.3. The predicted molar refractivity (Wildman–Crippen MR) is 227 cm³/mol. The lowest BCUT2D eigenvalue weighted by molar-refractivity contribution is -0.307. The maximum atomic E-state index is 12.0. The van der Waals surface area contributed by atoms with Crippen LogP contribution < -0.4 is 26.0 Å². The van der Waals surface area contributed by atoms with E-state index in [4.69, 9.17) is 25.7 Å². The van der Waals surface area contributed by atoms with Gasteiger partial charge < -0.3 is 40.7 Å². The fourth-order valence-electron chi connectivity index (χ4n) is 8.67. The number of carboxylic acids is 1. The van der Waals surface area contributed by atoms with Gasteiger partial charge in [0.15, 0.2) is 23.8 Å². The van der Waals surface area contributed by atoms with Crippen LogP contribution in [0.2, 0.25) is 0 Å². The monoisotopic (exact) mass is 811 g/mol. The largest absolute Gasteiger partial charge is 0.548 e. The minimum Gasteiger partial charge on any atom is -0.548 e. The van der Waals surface area contributed by atoms with Crippen LogP contribution in [0, 0.1) is 38.5 Å². The summed E-state index contributed by atoms with van der Waals surface area (Å²) in [6.07, 6.45) is 15.3. The van der Waals surface area contributed by atoms with Crippen LogP contribution in [0.15, 0.2) is 12.7 Å². The van der Waals surface area contributed by atoms with E-state index >= 15 is 0 Å². The quantitative estimate of drug-likeness (QED) is 0.103. The molecule has 1 saturated heterocycles. The summed E-state index contributed by atoms with van der Waals surface area (Å²) in [4.78, 5) is 24.1. The van der Waals surface area contributed by atoms with Crippen LogP contribution >= 0.6 is 0 Å². The van der Waals surface area contributed by atoms with E-state index in [1.807, 2.05) is 6.26 Å². The van der Waals surface area contributed by atoms with Gasteiger partial charge in [-0.1, -0.05) is 72.6 Å². The fraction of sp³-hybridized carbons (Fsp3) is 0.727. The standard InChI is InChI=1S/C44H70N6O6S/c1-26(2)13-10-14-27(3)15-11-16-28(4)17-12-20-44(8)21-18-32-31(7)37(29(5)30(6)38(32)56-44)55-39-34(23-57(9)22-19-33(45)43(52)53)54-42(36(39)51)50-25-49-35-40(46)47-24-48-41(35)50/h24-28,33-34,36,39,42,51H,10-23,45H2,1-9H3,(H2-,46,47,48,52,53)/t27-,28-,33+,34-,36-,39-,42-,44-,57?/m1/s1. The molecule has 5 N–H and O–H groups in total. The van der Waals surface area contributed by atoms with Gasteiger partial charge in [-0.15, -0.1) is 0 Å². The molecule has 1 fully saturated rings. The SMILES string of the molecule is Cc1c(C)c2c(c(C)c1O[C@H]1[C@@H](O)[C@H](n3cnc4c(N)ncnc43)O[C@@H]1C[S+](C)CC[C@H](N)C(=O)[O-])CC[C@@](C)(CCC[C@H](C)CCC[C@H](C)CCCC(C)C)O2. The summed E-state index contributed by atoms with van der Waals surface area (Å²) in [5.41, 5.74) is 16.7. The Bertz CT molecular complexity index is 1800. The summed E-state index contributed by atoms with van der Waals surface area (Å²) in [6, 6.07) is -1.04. The number of carbonyl (C=O) groups excluding carboxylic acids is 1. The minimum absolute atomic E-state index is 0.228. The van der Waals surface area contributed by atoms with Gasteiger partial charge in [0.1, 0.15) is 52.7 Å². The molecule has 1 unspecified atom stereocenters. The van der Waals surface area contributed by atoms with Crippen molar-refractivity contribution in [3.8, 4) is 11.5 Å². The molecular formula is C44H70N6O6S. The maximum Gasteiger partial charge on any atom is 0.167 e. The van der Waals surface area contributed by atoms with E-state index in [-0.39, 0.29) is 28.7 Å². The first kappa shape index (κ1) is 45.0. The highest BCUT2D eigenvalue weighted by molar-refractivity contribution is 7.96. The van der Waals surface area contributed by atoms with Crippen LogP contribution in [-0.4, -0.2) is 78.3 Å². The first-order valence-corrected chi connectivity index (χ1v) is 23.3. The summed E-state index contributed by atoms with van der Waals surface area (Å²) in [6.45, 7) is 18.0. The second-order valence-corrected chi connectivity index (χ2v) is 20.3. The van der Waals surface area contributed by atoms with Crippen LogP contribution in [0.4, 0.5) is 5.82 Å². The molecule has 3 aromatic rings. The number of aliphatic carboxylic acids is 1. The zero-order valence-electron chi connectivity index (χ0n) is 36.0. The van der Waals surface area contributed by atoms with E-state index in [0.717, 1.165) is 77.2 Å². The average Bonchev–Trinajstić information content (AvgIpc) is 3.71. The molecule has 2 aliphatic rings. The molecule has 9 atom stereocenters. The van der Waals surface area contributed by atoms with E-state index < -0.39 is 36.6 Å². The Balaban J connectivity index is 1.27. The number of hydrogen-bond donors (Lipinski definition) is 3. The number of anilines is 1. The van der Waals surface area contributed by atoms with Gasteiger partial charge >= 0.3 is 0 Å². The Kier molecular flexibility index (Phi) is 15.6. The van der Waals surface area contributed by atoms with Crippen molar-refractivity contribution in [1.82, 2.24) is 19.5 Å². The van der Waals surface area contributed by atoms with Crippen LogP contribution in [0.25, 0.3) is 11.2 Å². The van der Waals surface area contributed by atoms with Crippen LogP contribution in [0.1, 0.15) is 134 Å². The second kappa shape index (κ2) is 19.7. The summed E-state index contributed by atoms with van der Waals surface area (Å²) in [5.74, 6) is 4.12. The molecule has 12 nitrogen and oxygen atoms in total. The van der Waals surface area contributed by atoms with Gasteiger partial charge in [-0.2, -0.15) is 0 Å². The van der Waals surface area contributed by atoms with Crippen molar-refractivity contribution in [3.63, 3.8) is 0 Å². The number of benzene rings is 1. The Hall–Kier alpha value is -3.13. The first-order valence-electron chi connectivity index (χ1n) is 21.3. The van der Waals surface area contributed by atoms with E-state index in [9.17, 15) is 15.0 Å². The molecule has 57 heavy (non-hydrogen) atoms. The number of aliphatic hydroxyl groups is 1. The highest BCUT2D eigenvalue weighted by atomic mass is 32.2. The summed E-state index contributed by atoms with van der Waals surface area (Å²) in [5, 5.41) is 23.3. The first-order chi connectivity index (χ1) is 27.0. The number of rotatable bonds is 21. The second-order valence-electron chi connectivity index (χ2n) is 18.0. The molecule has 2 aliphatic heterocycles. The van der Waals surface area contributed by atoms with Gasteiger partial charge in [-0.25, -0.2) is 15.0 Å². The molecule has 0 bridgehead atoms. The Morgan fingerprint density at radius 2 is 1.68 bits per heavy atom. The summed E-state index contributed by atoms with van der Waals surface area (Å²) in [7, 11) is -0.300. The van der Waals surface area contributed by atoms with Gasteiger partial charge in [-0.05, 0) is 98.7 Å². The van der Waals surface area contributed by atoms with Crippen LogP contribution in [0.3, 0.4) is 0 Å². The molecule has 13 heteroatoms. The van der Waals surface area contributed by atoms with Crippen LogP contribution in [-0.2, 0) is 26.8 Å². The van der Waals surface area contributed by atoms with Gasteiger partial charge in [0.2, 0.25) is 0 Å². The summed E-state index contributed by atoms with van der Waals surface area (Å²) < 4.78 is 22.1. The van der Waals surface area contributed by atoms with Crippen molar-refractivity contribution in [2.45, 2.75) is 169 Å². The topological polar surface area (TPSA) is 184 Å². The third-order valence-electron chi connectivity index (χ3n) is 12.6. The number of carbonyl (C=O) groups is 1. The number of hydrogen-bond acceptors (Lipinski definition) is 11. The number of aliphatic hydroxyl groups excluding tert-OH is 1. The Morgan fingerprint density at radius 3 is 2.35 bits per heavy atom. The molecule has 0 radical (unpaired) electrons. The lowest BCUT2D eigenvalue weighted by Crippen LogP contribution is -2.44. The Labute approximate surface area is 343 Å². The molecule has 5 rings (SSSR count). The average molecular weight is 811 g/mol. The fourth-order valence-corrected chi connectivity index (χ4v) is 10.3. The minimum atomic E-state index is -1.26. The van der Waals surface area contributed by atoms with Gasteiger partial charge in [-0.3, -0.25) is 4.57 Å². The molecule has 0 saturated carbocycles. The molecule has 4 heterocycles. The van der Waals surface area contributed by atoms with Crippen molar-refractivity contribution in [1.29, 1.82) is 0 Å². The number of ether oxygens (including phenoxy) is 3. The predicted octanol–water partition coefficient (Wildman–Crippen LogP) is 6.28. The molecule has 2 aromatic heterocycles. The Morgan fingerprint density at radius 1 is 1.02 bits per heavy atom. The van der Waals surface area contributed by atoms with Crippen molar-refractivity contribution >= 4 is 33.8 Å². The van der Waals surface area contributed by atoms with E-state index in [0.29, 0.717) is 22.7 Å². The number of imidazole rings is 1.